The van der Waals surface area contributed by atoms with E-state index in [9.17, 15) is 4.79 Å². The van der Waals surface area contributed by atoms with Gasteiger partial charge in [0.25, 0.3) is 5.91 Å². The lowest BCUT2D eigenvalue weighted by Crippen LogP contribution is -2.28. The number of para-hydroxylation sites is 1. The number of ether oxygens (including phenoxy) is 2. The van der Waals surface area contributed by atoms with E-state index in [2.05, 4.69) is 34.6 Å². The van der Waals surface area contributed by atoms with Gasteiger partial charge in [-0.15, -0.1) is 0 Å². The van der Waals surface area contributed by atoms with Crippen LogP contribution in [0, 0.1) is 0 Å². The Morgan fingerprint density at radius 2 is 1.62 bits per heavy atom. The molecule has 4 rings (SSSR count). The topological polar surface area (TPSA) is 63.4 Å². The van der Waals surface area contributed by atoms with E-state index in [1.807, 2.05) is 56.4 Å². The van der Waals surface area contributed by atoms with E-state index in [-0.39, 0.29) is 17.9 Å². The SMILES string of the molecule is COc1ccc(C(CNC(=O)c2ccc(OC(C)C)cc2)c2c[nH]c3ccccc23)cc1. The molecule has 1 atom stereocenters. The number of carbonyl (C=O) groups is 1. The molecule has 1 unspecified atom stereocenters. The Bertz CT molecular complexity index is 1180. The summed E-state index contributed by atoms with van der Waals surface area (Å²) in [5.41, 5.74) is 3.94. The van der Waals surface area contributed by atoms with Crippen molar-refractivity contribution in [1.82, 2.24) is 10.3 Å². The van der Waals surface area contributed by atoms with E-state index < -0.39 is 0 Å². The largest absolute Gasteiger partial charge is 0.497 e. The molecule has 0 bridgehead atoms. The third-order valence-corrected chi connectivity index (χ3v) is 5.47. The normalized spacial score (nSPS) is 12.0. The molecule has 1 aromatic heterocycles. The molecule has 5 nitrogen and oxygen atoms in total. The summed E-state index contributed by atoms with van der Waals surface area (Å²) in [7, 11) is 1.66. The lowest BCUT2D eigenvalue weighted by molar-refractivity contribution is 0.0952. The zero-order valence-corrected chi connectivity index (χ0v) is 18.6. The number of methoxy groups -OCH3 is 1. The second-order valence-electron chi connectivity index (χ2n) is 8.02. The molecule has 2 N–H and O–H groups in total. The molecule has 0 saturated heterocycles. The lowest BCUT2D eigenvalue weighted by atomic mass is 9.90. The predicted octanol–water partition coefficient (Wildman–Crippen LogP) is 5.53. The second kappa shape index (κ2) is 9.60. The maximum atomic E-state index is 12.9. The quantitative estimate of drug-likeness (QED) is 0.388. The van der Waals surface area contributed by atoms with Crippen molar-refractivity contribution in [3.8, 4) is 11.5 Å². The first-order valence-corrected chi connectivity index (χ1v) is 10.8. The van der Waals surface area contributed by atoms with E-state index in [4.69, 9.17) is 9.47 Å². The number of benzene rings is 3. The third kappa shape index (κ3) is 4.78. The van der Waals surface area contributed by atoms with Crippen LogP contribution in [0.25, 0.3) is 10.9 Å². The number of aromatic nitrogens is 1. The highest BCUT2D eigenvalue weighted by Gasteiger charge is 2.19. The molecular weight excluding hydrogens is 400 g/mol. The Kier molecular flexibility index (Phi) is 6.45. The number of amides is 1. The van der Waals surface area contributed by atoms with Crippen molar-refractivity contribution in [3.63, 3.8) is 0 Å². The minimum Gasteiger partial charge on any atom is -0.497 e. The zero-order valence-electron chi connectivity index (χ0n) is 18.6. The van der Waals surface area contributed by atoms with Crippen LogP contribution in [-0.2, 0) is 0 Å². The van der Waals surface area contributed by atoms with Crippen molar-refractivity contribution in [1.29, 1.82) is 0 Å². The van der Waals surface area contributed by atoms with Gasteiger partial charge in [-0.05, 0) is 67.4 Å². The van der Waals surface area contributed by atoms with Gasteiger partial charge in [0.15, 0.2) is 0 Å². The van der Waals surface area contributed by atoms with Gasteiger partial charge >= 0.3 is 0 Å². The fraction of sp³-hybridized carbons (Fsp3) is 0.222. The fourth-order valence-electron chi connectivity index (χ4n) is 3.88. The molecule has 1 amide bonds. The Hall–Kier alpha value is -3.73. The number of rotatable bonds is 8. The molecule has 4 aromatic rings. The summed E-state index contributed by atoms with van der Waals surface area (Å²) >= 11 is 0. The van der Waals surface area contributed by atoms with Crippen molar-refractivity contribution in [2.45, 2.75) is 25.9 Å². The van der Waals surface area contributed by atoms with Gasteiger partial charge in [-0.2, -0.15) is 0 Å². The summed E-state index contributed by atoms with van der Waals surface area (Å²) in [5.74, 6) is 1.44. The van der Waals surface area contributed by atoms with E-state index in [1.165, 1.54) is 0 Å². The minimum atomic E-state index is -0.112. The standard InChI is InChI=1S/C27H28N2O3/c1-18(2)32-22-14-10-20(11-15-22)27(30)29-16-24(19-8-12-21(31-3)13-9-19)25-17-28-26-7-5-4-6-23(25)26/h4-15,17-18,24,28H,16H2,1-3H3,(H,29,30). The number of hydrogen-bond acceptors (Lipinski definition) is 3. The van der Waals surface area contributed by atoms with Crippen LogP contribution in [-0.4, -0.2) is 30.6 Å². The van der Waals surface area contributed by atoms with Crippen molar-refractivity contribution in [2.24, 2.45) is 0 Å². The van der Waals surface area contributed by atoms with Crippen LogP contribution in [0.15, 0.2) is 79.0 Å². The summed E-state index contributed by atoms with van der Waals surface area (Å²) in [6.07, 6.45) is 2.13. The van der Waals surface area contributed by atoms with Crippen molar-refractivity contribution >= 4 is 16.8 Å². The monoisotopic (exact) mass is 428 g/mol. The van der Waals surface area contributed by atoms with Gasteiger partial charge in [-0.3, -0.25) is 4.79 Å². The molecule has 32 heavy (non-hydrogen) atoms. The molecule has 5 heteroatoms. The predicted molar refractivity (Wildman–Crippen MR) is 128 cm³/mol. The van der Waals surface area contributed by atoms with Gasteiger partial charge in [0.2, 0.25) is 0 Å². The number of nitrogens with one attached hydrogen (secondary N) is 2. The van der Waals surface area contributed by atoms with E-state index in [0.29, 0.717) is 12.1 Å². The lowest BCUT2D eigenvalue weighted by Gasteiger charge is -2.19. The van der Waals surface area contributed by atoms with Crippen molar-refractivity contribution < 1.29 is 14.3 Å². The number of hydrogen-bond donors (Lipinski definition) is 2. The molecule has 0 aliphatic rings. The van der Waals surface area contributed by atoms with Crippen LogP contribution < -0.4 is 14.8 Å². The van der Waals surface area contributed by atoms with E-state index >= 15 is 0 Å². The van der Waals surface area contributed by atoms with Crippen LogP contribution in [0.1, 0.15) is 41.3 Å². The molecule has 3 aromatic carbocycles. The van der Waals surface area contributed by atoms with Crippen molar-refractivity contribution in [2.75, 3.05) is 13.7 Å². The van der Waals surface area contributed by atoms with Gasteiger partial charge < -0.3 is 19.8 Å². The van der Waals surface area contributed by atoms with Gasteiger partial charge in [-0.1, -0.05) is 30.3 Å². The van der Waals surface area contributed by atoms with Crippen LogP contribution >= 0.6 is 0 Å². The van der Waals surface area contributed by atoms with Crippen LogP contribution in [0.4, 0.5) is 0 Å². The first kappa shape index (κ1) is 21.5. The Labute approximate surface area is 188 Å². The molecule has 0 aliphatic heterocycles. The highest BCUT2D eigenvalue weighted by Crippen LogP contribution is 2.31. The average Bonchev–Trinajstić information content (AvgIpc) is 3.23. The maximum Gasteiger partial charge on any atom is 0.251 e. The van der Waals surface area contributed by atoms with Gasteiger partial charge in [0, 0.05) is 35.1 Å². The number of fused-ring (bicyclic) bond motifs is 1. The highest BCUT2D eigenvalue weighted by molar-refractivity contribution is 5.94. The molecule has 0 saturated carbocycles. The van der Waals surface area contributed by atoms with Crippen LogP contribution in [0.5, 0.6) is 11.5 Å². The molecule has 1 heterocycles. The summed E-state index contributed by atoms with van der Waals surface area (Å²) in [6.45, 7) is 4.42. The van der Waals surface area contributed by atoms with Gasteiger partial charge in [0.05, 0.1) is 13.2 Å². The maximum absolute atomic E-state index is 12.9. The Morgan fingerprint density at radius 1 is 0.938 bits per heavy atom. The van der Waals surface area contributed by atoms with Crippen LogP contribution in [0.3, 0.4) is 0 Å². The fourth-order valence-corrected chi connectivity index (χ4v) is 3.88. The third-order valence-electron chi connectivity index (χ3n) is 5.47. The Balaban J connectivity index is 1.57. The summed E-state index contributed by atoms with van der Waals surface area (Å²) in [6, 6.07) is 23.5. The summed E-state index contributed by atoms with van der Waals surface area (Å²) in [5, 5.41) is 4.27. The number of carbonyl (C=O) groups excluding carboxylic acids is 1. The average molecular weight is 429 g/mol. The second-order valence-corrected chi connectivity index (χ2v) is 8.02. The van der Waals surface area contributed by atoms with E-state index in [0.717, 1.165) is 33.5 Å². The van der Waals surface area contributed by atoms with Crippen LogP contribution in [0.2, 0.25) is 0 Å². The van der Waals surface area contributed by atoms with E-state index in [1.54, 1.807) is 19.2 Å². The molecule has 164 valence electrons. The minimum absolute atomic E-state index is 0.00967. The number of aromatic amines is 1. The smallest absolute Gasteiger partial charge is 0.251 e. The molecule has 0 radical (unpaired) electrons. The molecular formula is C27H28N2O3. The van der Waals surface area contributed by atoms with Gasteiger partial charge in [-0.25, -0.2) is 0 Å². The van der Waals surface area contributed by atoms with Crippen molar-refractivity contribution in [3.05, 3.63) is 95.7 Å². The highest BCUT2D eigenvalue weighted by atomic mass is 16.5. The molecule has 0 spiro atoms. The Morgan fingerprint density at radius 3 is 2.31 bits per heavy atom. The summed E-state index contributed by atoms with van der Waals surface area (Å²) in [4.78, 5) is 16.2. The molecule has 0 aliphatic carbocycles. The molecule has 0 fully saturated rings. The zero-order chi connectivity index (χ0) is 22.5. The number of H-pyrrole nitrogens is 1. The first-order valence-electron chi connectivity index (χ1n) is 10.8. The van der Waals surface area contributed by atoms with Gasteiger partial charge in [0.1, 0.15) is 11.5 Å². The summed E-state index contributed by atoms with van der Waals surface area (Å²) < 4.78 is 11.0. The first-order chi connectivity index (χ1) is 15.5.